The molecule has 0 fully saturated rings. The van der Waals surface area contributed by atoms with Gasteiger partial charge < -0.3 is 9.47 Å². The van der Waals surface area contributed by atoms with Gasteiger partial charge in [0.05, 0.1) is 24.5 Å². The number of aromatic nitrogens is 2. The fraction of sp³-hybridized carbons (Fsp3) is 0.353. The lowest BCUT2D eigenvalue weighted by Crippen LogP contribution is -2.04. The zero-order valence-electron chi connectivity index (χ0n) is 12.9. The van der Waals surface area contributed by atoms with Crippen molar-refractivity contribution in [3.8, 4) is 17.1 Å². The van der Waals surface area contributed by atoms with E-state index in [0.717, 1.165) is 24.1 Å². The average molecular weight is 300 g/mol. The van der Waals surface area contributed by atoms with Crippen LogP contribution in [0.25, 0.3) is 11.3 Å². The Morgan fingerprint density at radius 3 is 2.41 bits per heavy atom. The highest BCUT2D eigenvalue weighted by molar-refractivity contribution is 5.89. The summed E-state index contributed by atoms with van der Waals surface area (Å²) in [6.45, 7) is 4.91. The summed E-state index contributed by atoms with van der Waals surface area (Å²) in [5, 5.41) is 8.20. The molecule has 0 bridgehead atoms. The number of ether oxygens (including phenoxy) is 2. The highest BCUT2D eigenvalue weighted by Crippen LogP contribution is 2.19. The SMILES string of the molecule is CCCCOc1ccc(-c2ccc(C(=O)OCC)cc2)nn1. The summed E-state index contributed by atoms with van der Waals surface area (Å²) in [6, 6.07) is 10.8. The summed E-state index contributed by atoms with van der Waals surface area (Å²) in [6.07, 6.45) is 2.08. The number of esters is 1. The smallest absolute Gasteiger partial charge is 0.338 e. The summed E-state index contributed by atoms with van der Waals surface area (Å²) >= 11 is 0. The van der Waals surface area contributed by atoms with Crippen LogP contribution in [0.1, 0.15) is 37.0 Å². The second-order valence-corrected chi connectivity index (χ2v) is 4.76. The molecule has 1 aromatic heterocycles. The van der Waals surface area contributed by atoms with Crippen LogP contribution in [-0.4, -0.2) is 29.4 Å². The lowest BCUT2D eigenvalue weighted by molar-refractivity contribution is 0.0526. The minimum Gasteiger partial charge on any atom is -0.477 e. The number of unbranched alkanes of at least 4 members (excludes halogenated alkanes) is 1. The third kappa shape index (κ3) is 4.28. The molecule has 0 saturated carbocycles. The van der Waals surface area contributed by atoms with Crippen LogP contribution in [0.4, 0.5) is 0 Å². The number of hydrogen-bond acceptors (Lipinski definition) is 5. The Hall–Kier alpha value is -2.43. The van der Waals surface area contributed by atoms with Crippen LogP contribution < -0.4 is 4.74 Å². The number of hydrogen-bond donors (Lipinski definition) is 0. The van der Waals surface area contributed by atoms with Crippen molar-refractivity contribution in [3.63, 3.8) is 0 Å². The van der Waals surface area contributed by atoms with Gasteiger partial charge in [0.25, 0.3) is 0 Å². The molecule has 0 atom stereocenters. The summed E-state index contributed by atoms with van der Waals surface area (Å²) in [5.74, 6) is 0.208. The van der Waals surface area contributed by atoms with Gasteiger partial charge in [-0.25, -0.2) is 4.79 Å². The molecule has 22 heavy (non-hydrogen) atoms. The quantitative estimate of drug-likeness (QED) is 0.578. The van der Waals surface area contributed by atoms with Crippen molar-refractivity contribution < 1.29 is 14.3 Å². The van der Waals surface area contributed by atoms with E-state index in [1.165, 1.54) is 0 Å². The minimum absolute atomic E-state index is 0.320. The molecule has 0 aliphatic carbocycles. The van der Waals surface area contributed by atoms with Gasteiger partial charge in [-0.1, -0.05) is 25.5 Å². The maximum Gasteiger partial charge on any atom is 0.338 e. The number of carbonyl (C=O) groups excluding carboxylic acids is 1. The van der Waals surface area contributed by atoms with Crippen molar-refractivity contribution in [1.82, 2.24) is 10.2 Å². The zero-order valence-corrected chi connectivity index (χ0v) is 12.9. The van der Waals surface area contributed by atoms with Crippen LogP contribution in [0.3, 0.4) is 0 Å². The largest absolute Gasteiger partial charge is 0.477 e. The molecular formula is C17H20N2O3. The number of benzene rings is 1. The lowest BCUT2D eigenvalue weighted by Gasteiger charge is -2.05. The first-order chi connectivity index (χ1) is 10.7. The van der Waals surface area contributed by atoms with Gasteiger partial charge in [-0.3, -0.25) is 0 Å². The fourth-order valence-corrected chi connectivity index (χ4v) is 1.86. The lowest BCUT2D eigenvalue weighted by atomic mass is 10.1. The average Bonchev–Trinajstić information content (AvgIpc) is 2.56. The van der Waals surface area contributed by atoms with Crippen LogP contribution in [0.15, 0.2) is 36.4 Å². The van der Waals surface area contributed by atoms with E-state index in [9.17, 15) is 4.79 Å². The monoisotopic (exact) mass is 300 g/mol. The molecule has 5 nitrogen and oxygen atoms in total. The molecular weight excluding hydrogens is 280 g/mol. The van der Waals surface area contributed by atoms with Gasteiger partial charge >= 0.3 is 5.97 Å². The molecule has 0 aliphatic rings. The van der Waals surface area contributed by atoms with E-state index in [4.69, 9.17) is 9.47 Å². The van der Waals surface area contributed by atoms with Crippen LogP contribution in [0, 0.1) is 0 Å². The molecule has 0 saturated heterocycles. The van der Waals surface area contributed by atoms with Crippen LogP contribution in [-0.2, 0) is 4.74 Å². The number of carbonyl (C=O) groups is 1. The molecule has 116 valence electrons. The van der Waals surface area contributed by atoms with Gasteiger partial charge in [0.15, 0.2) is 0 Å². The van der Waals surface area contributed by atoms with Gasteiger partial charge in [-0.15, -0.1) is 10.2 Å². The second kappa shape index (κ2) is 8.12. The van der Waals surface area contributed by atoms with Gasteiger partial charge in [0.2, 0.25) is 5.88 Å². The Bertz CT molecular complexity index is 594. The summed E-state index contributed by atoms with van der Waals surface area (Å²) in [4.78, 5) is 11.6. The number of nitrogens with zero attached hydrogens (tertiary/aromatic N) is 2. The molecule has 0 spiro atoms. The molecule has 0 amide bonds. The Morgan fingerprint density at radius 1 is 1.05 bits per heavy atom. The molecule has 2 rings (SSSR count). The van der Waals surface area contributed by atoms with Gasteiger partial charge in [0, 0.05) is 11.6 Å². The Kier molecular flexibility index (Phi) is 5.89. The van der Waals surface area contributed by atoms with Crippen molar-refractivity contribution in [2.24, 2.45) is 0 Å². The predicted octanol–water partition coefficient (Wildman–Crippen LogP) is 3.50. The van der Waals surface area contributed by atoms with Gasteiger partial charge in [0.1, 0.15) is 0 Å². The summed E-state index contributed by atoms with van der Waals surface area (Å²) < 4.78 is 10.4. The first-order valence-corrected chi connectivity index (χ1v) is 7.48. The van der Waals surface area contributed by atoms with Crippen molar-refractivity contribution >= 4 is 5.97 Å². The molecule has 0 unspecified atom stereocenters. The molecule has 1 aromatic carbocycles. The van der Waals surface area contributed by atoms with E-state index in [-0.39, 0.29) is 5.97 Å². The van der Waals surface area contributed by atoms with E-state index >= 15 is 0 Å². The molecule has 0 N–H and O–H groups in total. The van der Waals surface area contributed by atoms with E-state index in [2.05, 4.69) is 17.1 Å². The minimum atomic E-state index is -0.320. The number of rotatable bonds is 7. The Balaban J connectivity index is 2.03. The Labute approximate surface area is 130 Å². The molecule has 5 heteroatoms. The second-order valence-electron chi connectivity index (χ2n) is 4.76. The zero-order chi connectivity index (χ0) is 15.8. The highest BCUT2D eigenvalue weighted by atomic mass is 16.5. The molecule has 2 aromatic rings. The maximum atomic E-state index is 11.6. The van der Waals surface area contributed by atoms with E-state index in [0.29, 0.717) is 24.7 Å². The van der Waals surface area contributed by atoms with Crippen molar-refractivity contribution in [1.29, 1.82) is 0 Å². The summed E-state index contributed by atoms with van der Waals surface area (Å²) in [5.41, 5.74) is 2.15. The molecule has 0 aliphatic heterocycles. The van der Waals surface area contributed by atoms with Crippen molar-refractivity contribution in [2.75, 3.05) is 13.2 Å². The topological polar surface area (TPSA) is 61.3 Å². The van der Waals surface area contributed by atoms with Crippen LogP contribution in [0.5, 0.6) is 5.88 Å². The fourth-order valence-electron chi connectivity index (χ4n) is 1.86. The van der Waals surface area contributed by atoms with E-state index in [1.807, 2.05) is 18.2 Å². The van der Waals surface area contributed by atoms with E-state index in [1.54, 1.807) is 25.1 Å². The maximum absolute atomic E-state index is 11.6. The third-order valence-corrected chi connectivity index (χ3v) is 3.08. The summed E-state index contributed by atoms with van der Waals surface area (Å²) in [7, 11) is 0. The van der Waals surface area contributed by atoms with Crippen LogP contribution in [0.2, 0.25) is 0 Å². The van der Waals surface area contributed by atoms with E-state index < -0.39 is 0 Å². The van der Waals surface area contributed by atoms with Gasteiger partial charge in [-0.2, -0.15) is 0 Å². The van der Waals surface area contributed by atoms with Crippen molar-refractivity contribution in [3.05, 3.63) is 42.0 Å². The van der Waals surface area contributed by atoms with Crippen molar-refractivity contribution in [2.45, 2.75) is 26.7 Å². The molecule has 1 heterocycles. The normalized spacial score (nSPS) is 10.3. The predicted molar refractivity (Wildman–Crippen MR) is 83.8 cm³/mol. The molecule has 0 radical (unpaired) electrons. The standard InChI is InChI=1S/C17H20N2O3/c1-3-5-12-22-16-11-10-15(18-19-16)13-6-8-14(9-7-13)17(20)21-4-2/h6-11H,3-5,12H2,1-2H3. The highest BCUT2D eigenvalue weighted by Gasteiger charge is 2.07. The first-order valence-electron chi connectivity index (χ1n) is 7.48. The Morgan fingerprint density at radius 2 is 1.82 bits per heavy atom. The first kappa shape index (κ1) is 15.9. The van der Waals surface area contributed by atoms with Crippen LogP contribution >= 0.6 is 0 Å². The van der Waals surface area contributed by atoms with Gasteiger partial charge in [-0.05, 0) is 31.5 Å². The third-order valence-electron chi connectivity index (χ3n) is 3.08.